The van der Waals surface area contributed by atoms with Crippen molar-refractivity contribution < 1.29 is 28.2 Å². The molecule has 0 bridgehead atoms. The highest BCUT2D eigenvalue weighted by molar-refractivity contribution is 5.97. The van der Waals surface area contributed by atoms with Gasteiger partial charge < -0.3 is 9.84 Å². The van der Waals surface area contributed by atoms with Gasteiger partial charge in [-0.3, -0.25) is 9.59 Å². The minimum absolute atomic E-state index is 0.157. The molecule has 0 spiro atoms. The first-order chi connectivity index (χ1) is 16.4. The molecule has 1 heterocycles. The summed E-state index contributed by atoms with van der Waals surface area (Å²) in [5.41, 5.74) is 2.06. The van der Waals surface area contributed by atoms with Gasteiger partial charge in [0.2, 0.25) is 0 Å². The van der Waals surface area contributed by atoms with Crippen LogP contribution < -0.4 is 0 Å². The molecule has 0 amide bonds. The highest BCUT2D eigenvalue weighted by Gasteiger charge is 2.16. The van der Waals surface area contributed by atoms with E-state index in [1.54, 1.807) is 31.2 Å². The quantitative estimate of drug-likeness (QED) is 0.277. The largest absolute Gasteiger partial charge is 0.466 e. The molecule has 0 aliphatic carbocycles. The Balaban J connectivity index is 2.01. The number of aliphatic hydroxyl groups excluding tert-OH is 1. The number of esters is 1. The van der Waals surface area contributed by atoms with Crippen LogP contribution in [0.1, 0.15) is 30.9 Å². The Morgan fingerprint density at radius 2 is 1.65 bits per heavy atom. The molecule has 8 nitrogen and oxygen atoms in total. The summed E-state index contributed by atoms with van der Waals surface area (Å²) in [6.45, 7) is 1.79. The fourth-order valence-electron chi connectivity index (χ4n) is 3.19. The summed E-state index contributed by atoms with van der Waals surface area (Å²) in [7, 11) is 0. The Kier molecular flexibility index (Phi) is 8.47. The van der Waals surface area contributed by atoms with Crippen LogP contribution in [-0.4, -0.2) is 49.8 Å². The highest BCUT2D eigenvalue weighted by atomic mass is 19.1. The van der Waals surface area contributed by atoms with Crippen LogP contribution in [0.5, 0.6) is 0 Å². The maximum Gasteiger partial charge on any atom is 0.313 e. The van der Waals surface area contributed by atoms with Crippen molar-refractivity contribution in [3.05, 3.63) is 89.8 Å². The molecule has 0 saturated heterocycles. The molecule has 1 atom stereocenters. The number of halogens is 2. The van der Waals surface area contributed by atoms with E-state index < -0.39 is 35.9 Å². The van der Waals surface area contributed by atoms with Gasteiger partial charge in [-0.25, -0.2) is 8.78 Å². The minimum Gasteiger partial charge on any atom is -0.466 e. The number of rotatable bonds is 10. The number of nitrogens with zero attached hydrogens (tertiary/aromatic N) is 4. The molecule has 34 heavy (non-hydrogen) atoms. The van der Waals surface area contributed by atoms with Gasteiger partial charge in [0, 0.05) is 12.0 Å². The zero-order valence-electron chi connectivity index (χ0n) is 18.3. The maximum absolute atomic E-state index is 13.6. The topological polar surface area (TPSA) is 107 Å². The van der Waals surface area contributed by atoms with E-state index in [0.717, 1.165) is 0 Å². The number of allylic oxidation sites excluding steroid dienone is 2. The molecular weight excluding hydrogens is 446 g/mol. The zero-order chi connectivity index (χ0) is 24.5. The summed E-state index contributed by atoms with van der Waals surface area (Å²) in [5, 5.41) is 21.6. The van der Waals surface area contributed by atoms with Gasteiger partial charge in [-0.15, -0.1) is 5.10 Å². The van der Waals surface area contributed by atoms with Crippen LogP contribution in [0.15, 0.2) is 67.0 Å². The van der Waals surface area contributed by atoms with Crippen LogP contribution in [0.4, 0.5) is 8.78 Å². The Bertz CT molecular complexity index is 1130. The van der Waals surface area contributed by atoms with E-state index in [9.17, 15) is 23.5 Å². The van der Waals surface area contributed by atoms with E-state index in [4.69, 9.17) is 4.74 Å². The standard InChI is InChI=1S/C24H22F2N4O4/c1-2-34-23(33)14-21(32)13-20(31)11-12-22(30-15-27-28-29-30)24(16-3-7-18(25)8-4-16)17-5-9-19(26)10-6-17/h3-12,15,20,31H,2,13-14H2,1H3. The Hall–Kier alpha value is -4.05. The van der Waals surface area contributed by atoms with Gasteiger partial charge in [0.1, 0.15) is 30.2 Å². The van der Waals surface area contributed by atoms with E-state index in [2.05, 4.69) is 15.5 Å². The summed E-state index contributed by atoms with van der Waals surface area (Å²) >= 11 is 0. The van der Waals surface area contributed by atoms with E-state index in [0.29, 0.717) is 22.4 Å². The van der Waals surface area contributed by atoms with Gasteiger partial charge in [0.25, 0.3) is 0 Å². The fraction of sp³-hybridized carbons (Fsp3) is 0.208. The van der Waals surface area contributed by atoms with Gasteiger partial charge in [-0.05, 0) is 58.8 Å². The van der Waals surface area contributed by atoms with Crippen LogP contribution in [0, 0.1) is 11.6 Å². The second-order valence-electron chi connectivity index (χ2n) is 7.18. The molecule has 0 fully saturated rings. The molecular formula is C24H22F2N4O4. The third-order valence-corrected chi connectivity index (χ3v) is 4.68. The highest BCUT2D eigenvalue weighted by Crippen LogP contribution is 2.30. The molecule has 1 aromatic heterocycles. The molecule has 1 N–H and O–H groups in total. The molecule has 0 aliphatic heterocycles. The van der Waals surface area contributed by atoms with Gasteiger partial charge in [-0.2, -0.15) is 4.68 Å². The number of aliphatic hydroxyl groups is 1. The molecule has 176 valence electrons. The van der Waals surface area contributed by atoms with Gasteiger partial charge in [0.05, 0.1) is 18.4 Å². The predicted octanol–water partition coefficient (Wildman–Crippen LogP) is 3.20. The number of carbonyl (C=O) groups is 2. The minimum atomic E-state index is -1.21. The van der Waals surface area contributed by atoms with E-state index in [1.807, 2.05) is 0 Å². The van der Waals surface area contributed by atoms with Crippen molar-refractivity contribution in [1.29, 1.82) is 0 Å². The average Bonchev–Trinajstić information content (AvgIpc) is 3.33. The number of ketones is 1. The first kappa shape index (κ1) is 24.6. The van der Waals surface area contributed by atoms with Crippen molar-refractivity contribution in [2.45, 2.75) is 25.9 Å². The Morgan fingerprint density at radius 1 is 1.06 bits per heavy atom. The van der Waals surface area contributed by atoms with Crippen molar-refractivity contribution in [3.63, 3.8) is 0 Å². The molecule has 2 aromatic carbocycles. The molecule has 0 aliphatic rings. The summed E-state index contributed by atoms with van der Waals surface area (Å²) in [4.78, 5) is 23.5. The molecule has 3 rings (SSSR count). The Morgan fingerprint density at radius 3 is 2.15 bits per heavy atom. The summed E-state index contributed by atoms with van der Waals surface area (Å²) in [6, 6.07) is 11.3. The number of hydrogen-bond donors (Lipinski definition) is 1. The van der Waals surface area contributed by atoms with Crippen LogP contribution in [0.2, 0.25) is 0 Å². The summed E-state index contributed by atoms with van der Waals surface area (Å²) in [6.07, 6.45) is 2.22. The van der Waals surface area contributed by atoms with E-state index in [1.165, 1.54) is 47.4 Å². The number of hydrogen-bond acceptors (Lipinski definition) is 7. The monoisotopic (exact) mass is 468 g/mol. The molecule has 3 aromatic rings. The van der Waals surface area contributed by atoms with Crippen LogP contribution >= 0.6 is 0 Å². The first-order valence-corrected chi connectivity index (χ1v) is 10.4. The number of ether oxygens (including phenoxy) is 1. The van der Waals surface area contributed by atoms with Gasteiger partial charge in [-0.1, -0.05) is 30.3 Å². The fourth-order valence-corrected chi connectivity index (χ4v) is 3.19. The van der Waals surface area contributed by atoms with Gasteiger partial charge >= 0.3 is 5.97 Å². The molecule has 10 heteroatoms. The number of carbonyl (C=O) groups excluding carboxylic acids is 2. The predicted molar refractivity (Wildman–Crippen MR) is 119 cm³/mol. The first-order valence-electron chi connectivity index (χ1n) is 10.4. The number of benzene rings is 2. The van der Waals surface area contributed by atoms with Crippen molar-refractivity contribution >= 4 is 23.0 Å². The molecule has 1 unspecified atom stereocenters. The lowest BCUT2D eigenvalue weighted by atomic mass is 9.95. The van der Waals surface area contributed by atoms with Crippen molar-refractivity contribution in [3.8, 4) is 0 Å². The third-order valence-electron chi connectivity index (χ3n) is 4.68. The maximum atomic E-state index is 13.6. The smallest absolute Gasteiger partial charge is 0.313 e. The average molecular weight is 468 g/mol. The van der Waals surface area contributed by atoms with Crippen molar-refractivity contribution in [1.82, 2.24) is 20.2 Å². The van der Waals surface area contributed by atoms with Crippen molar-refractivity contribution in [2.24, 2.45) is 0 Å². The summed E-state index contributed by atoms with van der Waals surface area (Å²) in [5.74, 6) is -2.01. The second kappa shape index (κ2) is 11.7. The van der Waals surface area contributed by atoms with Crippen LogP contribution in [0.25, 0.3) is 11.3 Å². The number of tetrazole rings is 1. The zero-order valence-corrected chi connectivity index (χ0v) is 18.3. The number of Topliss-reactive ketones (excluding diaryl/α,β-unsaturated/α-hetero) is 1. The second-order valence-corrected chi connectivity index (χ2v) is 7.18. The van der Waals surface area contributed by atoms with Gasteiger partial charge in [0.15, 0.2) is 0 Å². The van der Waals surface area contributed by atoms with E-state index >= 15 is 0 Å². The van der Waals surface area contributed by atoms with Crippen molar-refractivity contribution in [2.75, 3.05) is 6.61 Å². The molecule has 0 saturated carbocycles. The van der Waals surface area contributed by atoms with E-state index in [-0.39, 0.29) is 13.0 Å². The summed E-state index contributed by atoms with van der Waals surface area (Å²) < 4.78 is 33.2. The number of aromatic nitrogens is 4. The lowest BCUT2D eigenvalue weighted by Gasteiger charge is -2.14. The van der Waals surface area contributed by atoms with Crippen LogP contribution in [-0.2, 0) is 14.3 Å². The third kappa shape index (κ3) is 6.72. The SMILES string of the molecule is CCOC(=O)CC(=O)CC(O)C=CC(=C(c1ccc(F)cc1)c1ccc(F)cc1)n1cnnn1. The lowest BCUT2D eigenvalue weighted by Crippen LogP contribution is -2.16. The Labute approximate surface area is 194 Å². The van der Waals surface area contributed by atoms with Crippen LogP contribution in [0.3, 0.4) is 0 Å². The lowest BCUT2D eigenvalue weighted by molar-refractivity contribution is -0.145. The normalized spacial score (nSPS) is 11.9. The molecule has 0 radical (unpaired) electrons.